The smallest absolute Gasteiger partial charge is 0.142 e. The Morgan fingerprint density at radius 1 is 1.33 bits per heavy atom. The van der Waals surface area contributed by atoms with E-state index >= 15 is 0 Å². The first-order valence-corrected chi connectivity index (χ1v) is 6.98. The Balaban J connectivity index is 2.46. The molecule has 0 saturated carbocycles. The van der Waals surface area contributed by atoms with Crippen LogP contribution in [-0.4, -0.2) is 15.1 Å². The predicted octanol–water partition coefficient (Wildman–Crippen LogP) is 3.39. The summed E-state index contributed by atoms with van der Waals surface area (Å²) in [6.07, 6.45) is 3.68. The van der Waals surface area contributed by atoms with Gasteiger partial charge in [-0.15, -0.1) is 11.3 Å². The molecule has 0 radical (unpaired) electrons. The predicted molar refractivity (Wildman–Crippen MR) is 74.6 cm³/mol. The van der Waals surface area contributed by atoms with Crippen molar-refractivity contribution < 1.29 is 5.11 Å². The fraction of sp³-hybridized carbons (Fsp3) is 0.429. The monoisotopic (exact) mass is 262 g/mol. The second-order valence-corrected chi connectivity index (χ2v) is 5.82. The molecule has 18 heavy (non-hydrogen) atoms. The standard InChI is InChI=1S/C14H18N2OS/c1-4-7-10-12(14(2,3)17)18-13(16-10)11-8-5-6-9-15-11/h5-6,8-9,17H,4,7H2,1-3H3. The Bertz CT molecular complexity index is 514. The van der Waals surface area contributed by atoms with Crippen molar-refractivity contribution in [1.29, 1.82) is 0 Å². The number of pyridine rings is 1. The first-order valence-electron chi connectivity index (χ1n) is 6.16. The molecule has 0 amide bonds. The van der Waals surface area contributed by atoms with Crippen molar-refractivity contribution in [3.05, 3.63) is 35.0 Å². The fourth-order valence-electron chi connectivity index (χ4n) is 1.83. The van der Waals surface area contributed by atoms with Gasteiger partial charge in [0.2, 0.25) is 0 Å². The van der Waals surface area contributed by atoms with Crippen LogP contribution in [0, 0.1) is 0 Å². The van der Waals surface area contributed by atoms with Crippen LogP contribution in [0.3, 0.4) is 0 Å². The number of nitrogens with zero attached hydrogens (tertiary/aromatic N) is 2. The summed E-state index contributed by atoms with van der Waals surface area (Å²) in [5.74, 6) is 0. The SMILES string of the molecule is CCCc1nc(-c2ccccn2)sc1C(C)(C)O. The van der Waals surface area contributed by atoms with E-state index in [0.29, 0.717) is 0 Å². The van der Waals surface area contributed by atoms with E-state index in [1.165, 1.54) is 11.3 Å². The van der Waals surface area contributed by atoms with Gasteiger partial charge in [-0.05, 0) is 32.4 Å². The summed E-state index contributed by atoms with van der Waals surface area (Å²) in [7, 11) is 0. The lowest BCUT2D eigenvalue weighted by atomic mass is 10.0. The Hall–Kier alpha value is -1.26. The fourth-order valence-corrected chi connectivity index (χ4v) is 2.92. The summed E-state index contributed by atoms with van der Waals surface area (Å²) in [6.45, 7) is 5.73. The molecular weight excluding hydrogens is 244 g/mol. The Kier molecular flexibility index (Phi) is 3.78. The molecule has 0 saturated heterocycles. The van der Waals surface area contributed by atoms with Crippen molar-refractivity contribution in [2.75, 3.05) is 0 Å². The zero-order valence-electron chi connectivity index (χ0n) is 11.0. The topological polar surface area (TPSA) is 46.0 Å². The maximum Gasteiger partial charge on any atom is 0.142 e. The number of hydrogen-bond donors (Lipinski definition) is 1. The molecule has 0 unspecified atom stereocenters. The third-order valence-corrected chi connectivity index (χ3v) is 4.06. The van der Waals surface area contributed by atoms with E-state index in [-0.39, 0.29) is 0 Å². The highest BCUT2D eigenvalue weighted by Gasteiger charge is 2.25. The number of thiazole rings is 1. The van der Waals surface area contributed by atoms with Crippen molar-refractivity contribution in [1.82, 2.24) is 9.97 Å². The van der Waals surface area contributed by atoms with Crippen LogP contribution in [0.25, 0.3) is 10.7 Å². The zero-order valence-corrected chi connectivity index (χ0v) is 11.8. The summed E-state index contributed by atoms with van der Waals surface area (Å²) in [4.78, 5) is 9.89. The Labute approximate surface area is 112 Å². The van der Waals surface area contributed by atoms with Gasteiger partial charge in [-0.2, -0.15) is 0 Å². The van der Waals surface area contributed by atoms with Crippen LogP contribution in [-0.2, 0) is 12.0 Å². The molecule has 2 heterocycles. The molecule has 2 aromatic rings. The largest absolute Gasteiger partial charge is 0.385 e. The lowest BCUT2D eigenvalue weighted by Crippen LogP contribution is -2.15. The van der Waals surface area contributed by atoms with E-state index in [1.807, 2.05) is 32.0 Å². The molecule has 0 aromatic carbocycles. The van der Waals surface area contributed by atoms with Gasteiger partial charge in [0.05, 0.1) is 21.9 Å². The van der Waals surface area contributed by atoms with Crippen LogP contribution in [0.4, 0.5) is 0 Å². The summed E-state index contributed by atoms with van der Waals surface area (Å²) < 4.78 is 0. The van der Waals surface area contributed by atoms with Gasteiger partial charge in [0.25, 0.3) is 0 Å². The molecule has 0 fully saturated rings. The van der Waals surface area contributed by atoms with Crippen LogP contribution in [0.1, 0.15) is 37.8 Å². The molecular formula is C14H18N2OS. The summed E-state index contributed by atoms with van der Waals surface area (Å²) in [5, 5.41) is 11.1. The molecule has 1 N–H and O–H groups in total. The average molecular weight is 262 g/mol. The highest BCUT2D eigenvalue weighted by molar-refractivity contribution is 7.15. The van der Waals surface area contributed by atoms with Crippen LogP contribution in [0.2, 0.25) is 0 Å². The molecule has 0 atom stereocenters. The maximum absolute atomic E-state index is 10.2. The van der Waals surface area contributed by atoms with Crippen LogP contribution in [0.15, 0.2) is 24.4 Å². The minimum Gasteiger partial charge on any atom is -0.385 e. The molecule has 0 spiro atoms. The number of aromatic nitrogens is 2. The van der Waals surface area contributed by atoms with Gasteiger partial charge in [0, 0.05) is 6.20 Å². The average Bonchev–Trinajstić information content (AvgIpc) is 2.75. The first kappa shape index (κ1) is 13.2. The van der Waals surface area contributed by atoms with E-state index in [0.717, 1.165) is 34.1 Å². The first-order chi connectivity index (χ1) is 8.52. The lowest BCUT2D eigenvalue weighted by Gasteiger charge is -2.16. The third kappa shape index (κ3) is 2.76. The molecule has 0 aliphatic rings. The Morgan fingerprint density at radius 2 is 2.11 bits per heavy atom. The number of rotatable bonds is 4. The van der Waals surface area contributed by atoms with Crippen molar-refractivity contribution in [3.63, 3.8) is 0 Å². The van der Waals surface area contributed by atoms with Crippen LogP contribution >= 0.6 is 11.3 Å². The molecule has 0 bridgehead atoms. The number of aliphatic hydroxyl groups is 1. The van der Waals surface area contributed by atoms with Gasteiger partial charge in [-0.1, -0.05) is 19.4 Å². The molecule has 2 rings (SSSR count). The second kappa shape index (κ2) is 5.16. The summed E-state index contributed by atoms with van der Waals surface area (Å²) in [5.41, 5.74) is 1.03. The van der Waals surface area contributed by atoms with Gasteiger partial charge in [0.1, 0.15) is 5.01 Å². The lowest BCUT2D eigenvalue weighted by molar-refractivity contribution is 0.0813. The number of aryl methyl sites for hydroxylation is 1. The normalized spacial score (nSPS) is 11.8. The van der Waals surface area contributed by atoms with Gasteiger partial charge < -0.3 is 5.11 Å². The second-order valence-electron chi connectivity index (χ2n) is 4.82. The van der Waals surface area contributed by atoms with E-state index in [1.54, 1.807) is 6.20 Å². The van der Waals surface area contributed by atoms with Gasteiger partial charge in [0.15, 0.2) is 0 Å². The Morgan fingerprint density at radius 3 is 2.67 bits per heavy atom. The van der Waals surface area contributed by atoms with Gasteiger partial charge in [-0.3, -0.25) is 4.98 Å². The van der Waals surface area contributed by atoms with Crippen LogP contribution in [0.5, 0.6) is 0 Å². The van der Waals surface area contributed by atoms with Crippen molar-refractivity contribution in [2.24, 2.45) is 0 Å². The van der Waals surface area contributed by atoms with Crippen molar-refractivity contribution >= 4 is 11.3 Å². The van der Waals surface area contributed by atoms with Crippen molar-refractivity contribution in [3.8, 4) is 10.7 Å². The van der Waals surface area contributed by atoms with E-state index in [4.69, 9.17) is 0 Å². The minimum absolute atomic E-state index is 0.838. The van der Waals surface area contributed by atoms with E-state index in [9.17, 15) is 5.11 Å². The number of hydrogen-bond acceptors (Lipinski definition) is 4. The molecule has 0 aliphatic heterocycles. The molecule has 4 heteroatoms. The summed E-state index contributed by atoms with van der Waals surface area (Å²) in [6, 6.07) is 5.79. The minimum atomic E-state index is -0.838. The van der Waals surface area contributed by atoms with E-state index < -0.39 is 5.60 Å². The third-order valence-electron chi connectivity index (χ3n) is 2.62. The van der Waals surface area contributed by atoms with Crippen LogP contribution < -0.4 is 0 Å². The maximum atomic E-state index is 10.2. The zero-order chi connectivity index (χ0) is 13.2. The van der Waals surface area contributed by atoms with E-state index in [2.05, 4.69) is 16.9 Å². The molecule has 0 aliphatic carbocycles. The van der Waals surface area contributed by atoms with Crippen molar-refractivity contribution in [2.45, 2.75) is 39.2 Å². The highest BCUT2D eigenvalue weighted by atomic mass is 32.1. The summed E-state index contributed by atoms with van der Waals surface area (Å²) >= 11 is 1.54. The molecule has 2 aromatic heterocycles. The molecule has 3 nitrogen and oxygen atoms in total. The van der Waals surface area contributed by atoms with Gasteiger partial charge in [-0.25, -0.2) is 4.98 Å². The quantitative estimate of drug-likeness (QED) is 0.918. The molecule has 96 valence electrons. The highest BCUT2D eigenvalue weighted by Crippen LogP contribution is 2.34. The van der Waals surface area contributed by atoms with Gasteiger partial charge >= 0.3 is 0 Å².